The van der Waals surface area contributed by atoms with E-state index >= 15 is 0 Å². The van der Waals surface area contributed by atoms with Gasteiger partial charge in [-0.15, -0.1) is 10.2 Å². The molecule has 1 fully saturated rings. The fraction of sp³-hybridized carbons (Fsp3) is 0.364. The van der Waals surface area contributed by atoms with Crippen LogP contribution in [-0.2, 0) is 11.3 Å². The van der Waals surface area contributed by atoms with Gasteiger partial charge >= 0.3 is 0 Å². The van der Waals surface area contributed by atoms with E-state index in [1.165, 1.54) is 5.56 Å². The molecule has 1 aliphatic heterocycles. The SMILES string of the molecule is Cc1ccccc1OCCSc1nnc(N2CCOCC2)n1Cc1ccccc1. The average molecular weight is 411 g/mol. The first-order chi connectivity index (χ1) is 14.3. The molecule has 7 heteroatoms. The van der Waals surface area contributed by atoms with Gasteiger partial charge in [0.25, 0.3) is 0 Å². The van der Waals surface area contributed by atoms with Gasteiger partial charge in [-0.2, -0.15) is 0 Å². The van der Waals surface area contributed by atoms with E-state index in [1.54, 1.807) is 11.8 Å². The Hall–Kier alpha value is -2.51. The fourth-order valence-electron chi connectivity index (χ4n) is 3.29. The van der Waals surface area contributed by atoms with Crippen LogP contribution >= 0.6 is 11.8 Å². The molecule has 1 aromatic heterocycles. The lowest BCUT2D eigenvalue weighted by Gasteiger charge is -2.28. The zero-order valence-corrected chi connectivity index (χ0v) is 17.5. The highest BCUT2D eigenvalue weighted by Crippen LogP contribution is 2.24. The second kappa shape index (κ2) is 9.80. The summed E-state index contributed by atoms with van der Waals surface area (Å²) >= 11 is 1.68. The summed E-state index contributed by atoms with van der Waals surface area (Å²) < 4.78 is 13.6. The second-order valence-corrected chi connectivity index (χ2v) is 7.98. The number of hydrogen-bond donors (Lipinski definition) is 0. The topological polar surface area (TPSA) is 52.4 Å². The molecular weight excluding hydrogens is 384 g/mol. The largest absolute Gasteiger partial charge is 0.492 e. The zero-order valence-electron chi connectivity index (χ0n) is 16.7. The van der Waals surface area contributed by atoms with E-state index in [0.717, 1.165) is 61.0 Å². The summed E-state index contributed by atoms with van der Waals surface area (Å²) in [6.07, 6.45) is 0. The first-order valence-electron chi connectivity index (χ1n) is 9.92. The van der Waals surface area contributed by atoms with Gasteiger partial charge < -0.3 is 14.4 Å². The molecule has 4 rings (SSSR count). The number of para-hydroxylation sites is 1. The maximum Gasteiger partial charge on any atom is 0.228 e. The van der Waals surface area contributed by atoms with E-state index < -0.39 is 0 Å². The van der Waals surface area contributed by atoms with Crippen LogP contribution in [0.25, 0.3) is 0 Å². The van der Waals surface area contributed by atoms with Crippen molar-refractivity contribution in [2.45, 2.75) is 18.6 Å². The highest BCUT2D eigenvalue weighted by Gasteiger charge is 2.20. The first-order valence-corrected chi connectivity index (χ1v) is 10.9. The van der Waals surface area contributed by atoms with Gasteiger partial charge in [-0.1, -0.05) is 60.3 Å². The molecule has 1 saturated heterocycles. The van der Waals surface area contributed by atoms with Gasteiger partial charge in [0.2, 0.25) is 5.95 Å². The van der Waals surface area contributed by atoms with E-state index in [9.17, 15) is 0 Å². The lowest BCUT2D eigenvalue weighted by atomic mass is 10.2. The first kappa shape index (κ1) is 19.8. The van der Waals surface area contributed by atoms with Crippen LogP contribution in [-0.4, -0.2) is 53.4 Å². The van der Waals surface area contributed by atoms with Crippen molar-refractivity contribution >= 4 is 17.7 Å². The van der Waals surface area contributed by atoms with Crippen LogP contribution in [0, 0.1) is 6.92 Å². The lowest BCUT2D eigenvalue weighted by Crippen LogP contribution is -2.38. The van der Waals surface area contributed by atoms with Crippen LogP contribution in [0.3, 0.4) is 0 Å². The molecule has 0 atom stereocenters. The number of aryl methyl sites for hydroxylation is 1. The maximum atomic E-state index is 5.93. The third-order valence-corrected chi connectivity index (χ3v) is 5.77. The monoisotopic (exact) mass is 410 g/mol. The minimum atomic E-state index is 0.626. The van der Waals surface area contributed by atoms with Gasteiger partial charge in [0.1, 0.15) is 5.75 Å². The van der Waals surface area contributed by atoms with Gasteiger partial charge in [-0.05, 0) is 24.1 Å². The van der Waals surface area contributed by atoms with Crippen LogP contribution in [0.2, 0.25) is 0 Å². The number of thioether (sulfide) groups is 1. The molecule has 0 unspecified atom stereocenters. The predicted octanol–water partition coefficient (Wildman–Crippen LogP) is 3.64. The Labute approximate surface area is 175 Å². The molecule has 0 amide bonds. The van der Waals surface area contributed by atoms with Crippen LogP contribution in [0.15, 0.2) is 59.8 Å². The van der Waals surface area contributed by atoms with Crippen LogP contribution in [0.1, 0.15) is 11.1 Å². The Morgan fingerprint density at radius 2 is 1.76 bits per heavy atom. The van der Waals surface area contributed by atoms with Crippen LogP contribution in [0.5, 0.6) is 5.75 Å². The summed E-state index contributed by atoms with van der Waals surface area (Å²) in [6, 6.07) is 18.5. The van der Waals surface area contributed by atoms with E-state index in [1.807, 2.05) is 24.3 Å². The number of ether oxygens (including phenoxy) is 2. The van der Waals surface area contributed by atoms with Crippen molar-refractivity contribution in [2.24, 2.45) is 0 Å². The standard InChI is InChI=1S/C22H26N4O2S/c1-18-7-5-6-10-20(18)28-15-16-29-22-24-23-21(25-11-13-27-14-12-25)26(22)17-19-8-3-2-4-9-19/h2-10H,11-17H2,1H3. The molecule has 152 valence electrons. The van der Waals surface area contributed by atoms with Gasteiger partial charge in [0, 0.05) is 18.8 Å². The fourth-order valence-corrected chi connectivity index (χ4v) is 4.04. The average Bonchev–Trinajstić information content (AvgIpc) is 3.16. The molecule has 0 saturated carbocycles. The highest BCUT2D eigenvalue weighted by molar-refractivity contribution is 7.99. The van der Waals surface area contributed by atoms with Gasteiger partial charge in [-0.3, -0.25) is 4.57 Å². The van der Waals surface area contributed by atoms with E-state index in [-0.39, 0.29) is 0 Å². The van der Waals surface area contributed by atoms with Crippen molar-refractivity contribution in [1.29, 1.82) is 0 Å². The van der Waals surface area contributed by atoms with E-state index in [4.69, 9.17) is 9.47 Å². The molecule has 2 aromatic carbocycles. The number of anilines is 1. The molecule has 0 aliphatic carbocycles. The Bertz CT molecular complexity index is 910. The van der Waals surface area contributed by atoms with E-state index in [2.05, 4.69) is 56.9 Å². The molecule has 1 aliphatic rings. The minimum Gasteiger partial charge on any atom is -0.492 e. The smallest absolute Gasteiger partial charge is 0.228 e. The molecule has 0 radical (unpaired) electrons. The second-order valence-electron chi connectivity index (χ2n) is 6.92. The Kier molecular flexibility index (Phi) is 6.69. The Balaban J connectivity index is 1.45. The van der Waals surface area contributed by atoms with Crippen LogP contribution < -0.4 is 9.64 Å². The quantitative estimate of drug-likeness (QED) is 0.417. The molecule has 0 N–H and O–H groups in total. The third kappa shape index (κ3) is 5.10. The summed E-state index contributed by atoms with van der Waals surface area (Å²) in [5.74, 6) is 2.66. The molecule has 6 nitrogen and oxygen atoms in total. The molecule has 29 heavy (non-hydrogen) atoms. The molecule has 3 aromatic rings. The number of aromatic nitrogens is 3. The minimum absolute atomic E-state index is 0.626. The molecule has 0 bridgehead atoms. The number of nitrogens with zero attached hydrogens (tertiary/aromatic N) is 4. The van der Waals surface area contributed by atoms with Gasteiger partial charge in [0.15, 0.2) is 5.16 Å². The Morgan fingerprint density at radius 1 is 1.00 bits per heavy atom. The molecular formula is C22H26N4O2S. The lowest BCUT2D eigenvalue weighted by molar-refractivity contribution is 0.121. The van der Waals surface area contributed by atoms with Crippen molar-refractivity contribution in [3.8, 4) is 5.75 Å². The van der Waals surface area contributed by atoms with Crippen molar-refractivity contribution in [3.05, 3.63) is 65.7 Å². The summed E-state index contributed by atoms with van der Waals surface area (Å²) in [5, 5.41) is 9.92. The summed E-state index contributed by atoms with van der Waals surface area (Å²) in [5.41, 5.74) is 2.39. The number of rotatable bonds is 8. The molecule has 0 spiro atoms. The van der Waals surface area contributed by atoms with Crippen LogP contribution in [0.4, 0.5) is 5.95 Å². The highest BCUT2D eigenvalue weighted by atomic mass is 32.2. The van der Waals surface area contributed by atoms with Gasteiger partial charge in [0.05, 0.1) is 26.4 Å². The van der Waals surface area contributed by atoms with Crippen molar-refractivity contribution < 1.29 is 9.47 Å². The predicted molar refractivity (Wildman–Crippen MR) is 116 cm³/mol. The van der Waals surface area contributed by atoms with Gasteiger partial charge in [-0.25, -0.2) is 0 Å². The van der Waals surface area contributed by atoms with E-state index in [0.29, 0.717) is 6.61 Å². The molecule has 2 heterocycles. The summed E-state index contributed by atoms with van der Waals surface area (Å²) in [7, 11) is 0. The number of hydrogen-bond acceptors (Lipinski definition) is 6. The van der Waals surface area contributed by atoms with Crippen molar-refractivity contribution in [1.82, 2.24) is 14.8 Å². The number of benzene rings is 2. The normalized spacial score (nSPS) is 14.2. The zero-order chi connectivity index (χ0) is 19.9. The third-order valence-electron chi connectivity index (χ3n) is 4.84. The maximum absolute atomic E-state index is 5.93. The Morgan fingerprint density at radius 3 is 2.55 bits per heavy atom. The summed E-state index contributed by atoms with van der Waals surface area (Å²) in [4.78, 5) is 2.26. The van der Waals surface area contributed by atoms with Crippen molar-refractivity contribution in [3.63, 3.8) is 0 Å². The summed E-state index contributed by atoms with van der Waals surface area (Å²) in [6.45, 7) is 6.58. The number of morpholine rings is 1. The van der Waals surface area contributed by atoms with Crippen molar-refractivity contribution in [2.75, 3.05) is 43.6 Å².